The van der Waals surface area contributed by atoms with Crippen molar-refractivity contribution in [3.8, 4) is 0 Å². The Hall–Kier alpha value is -2.11. The van der Waals surface area contributed by atoms with Crippen LogP contribution in [0.1, 0.15) is 54.5 Å². The zero-order chi connectivity index (χ0) is 16.9. The smallest absolute Gasteiger partial charge is 0.274 e. The third kappa shape index (κ3) is 2.54. The summed E-state index contributed by atoms with van der Waals surface area (Å²) in [5.74, 6) is 1.44. The van der Waals surface area contributed by atoms with Crippen LogP contribution < -0.4 is 0 Å². The lowest BCUT2D eigenvalue weighted by atomic mass is 9.79. The predicted octanol–water partition coefficient (Wildman–Crippen LogP) is 2.22. The van der Waals surface area contributed by atoms with Crippen LogP contribution in [0.2, 0.25) is 0 Å². The van der Waals surface area contributed by atoms with Crippen LogP contribution in [-0.2, 0) is 20.0 Å². The molecule has 4 rings (SSSR count). The number of aryl methyl sites for hydroxylation is 3. The van der Waals surface area contributed by atoms with Gasteiger partial charge in [-0.2, -0.15) is 5.10 Å². The Morgan fingerprint density at radius 2 is 2.12 bits per heavy atom. The normalized spacial score (nSPS) is 22.6. The van der Waals surface area contributed by atoms with Crippen LogP contribution in [0.25, 0.3) is 0 Å². The van der Waals surface area contributed by atoms with E-state index in [9.17, 15) is 4.79 Å². The molecule has 2 aliphatic rings. The topological polar surface area (TPSA) is 56.0 Å². The van der Waals surface area contributed by atoms with E-state index in [-0.39, 0.29) is 11.3 Å². The van der Waals surface area contributed by atoms with Gasteiger partial charge in [-0.3, -0.25) is 9.48 Å². The van der Waals surface area contributed by atoms with Gasteiger partial charge in [0, 0.05) is 51.4 Å². The van der Waals surface area contributed by atoms with Crippen molar-refractivity contribution < 1.29 is 4.79 Å². The van der Waals surface area contributed by atoms with E-state index in [4.69, 9.17) is 0 Å². The SMILES string of the molecule is Cn1cc(C2CN(C(=O)c3cn4c(n3)CCCC4)CC2(C)C)cn1. The van der Waals surface area contributed by atoms with E-state index in [2.05, 4.69) is 34.7 Å². The van der Waals surface area contributed by atoms with Crippen LogP contribution >= 0.6 is 0 Å². The molecule has 6 heteroatoms. The van der Waals surface area contributed by atoms with E-state index in [0.29, 0.717) is 11.6 Å². The number of carbonyl (C=O) groups excluding carboxylic acids is 1. The molecule has 1 fully saturated rings. The van der Waals surface area contributed by atoms with E-state index >= 15 is 0 Å². The molecule has 0 spiro atoms. The highest BCUT2D eigenvalue weighted by Crippen LogP contribution is 2.42. The lowest BCUT2D eigenvalue weighted by molar-refractivity contribution is 0.0772. The largest absolute Gasteiger partial charge is 0.336 e. The number of rotatable bonds is 2. The Kier molecular flexibility index (Phi) is 3.51. The highest BCUT2D eigenvalue weighted by Gasteiger charge is 2.43. The molecule has 128 valence electrons. The first-order valence-corrected chi connectivity index (χ1v) is 8.78. The second-order valence-corrected chi connectivity index (χ2v) is 7.87. The number of carbonyl (C=O) groups is 1. The van der Waals surface area contributed by atoms with Gasteiger partial charge in [0.15, 0.2) is 0 Å². The predicted molar refractivity (Wildman–Crippen MR) is 90.8 cm³/mol. The van der Waals surface area contributed by atoms with Gasteiger partial charge in [-0.1, -0.05) is 13.8 Å². The van der Waals surface area contributed by atoms with Crippen LogP contribution in [0.5, 0.6) is 0 Å². The number of amides is 1. The number of fused-ring (bicyclic) bond motifs is 1. The molecule has 0 saturated carbocycles. The average Bonchev–Trinajstić information content (AvgIpc) is 3.22. The highest BCUT2D eigenvalue weighted by molar-refractivity contribution is 5.92. The molecule has 0 aromatic carbocycles. The van der Waals surface area contributed by atoms with Crippen molar-refractivity contribution in [2.45, 2.75) is 45.6 Å². The summed E-state index contributed by atoms with van der Waals surface area (Å²) in [6.07, 6.45) is 9.27. The van der Waals surface area contributed by atoms with Crippen LogP contribution in [0.15, 0.2) is 18.6 Å². The van der Waals surface area contributed by atoms with Gasteiger partial charge in [0.25, 0.3) is 5.91 Å². The van der Waals surface area contributed by atoms with E-state index in [1.54, 1.807) is 0 Å². The number of hydrogen-bond donors (Lipinski definition) is 0. The van der Waals surface area contributed by atoms with Crippen molar-refractivity contribution in [2.75, 3.05) is 13.1 Å². The first-order chi connectivity index (χ1) is 11.4. The molecular weight excluding hydrogens is 302 g/mol. The van der Waals surface area contributed by atoms with Crippen LogP contribution in [0, 0.1) is 5.41 Å². The van der Waals surface area contributed by atoms with Crippen molar-refractivity contribution in [1.29, 1.82) is 0 Å². The molecule has 1 amide bonds. The molecule has 0 bridgehead atoms. The zero-order valence-electron chi connectivity index (χ0n) is 14.7. The zero-order valence-corrected chi connectivity index (χ0v) is 14.7. The summed E-state index contributed by atoms with van der Waals surface area (Å²) in [7, 11) is 1.93. The standard InChI is InChI=1S/C18H25N5O/c1-18(2)12-23(10-14(18)13-8-19-21(3)9-13)17(24)15-11-22-7-5-4-6-16(22)20-15/h8-9,11,14H,4-7,10,12H2,1-3H3. The molecule has 4 heterocycles. The molecule has 2 aromatic heterocycles. The van der Waals surface area contributed by atoms with Crippen LogP contribution in [0.4, 0.5) is 0 Å². The van der Waals surface area contributed by atoms with Crippen molar-refractivity contribution in [3.05, 3.63) is 35.7 Å². The quantitative estimate of drug-likeness (QED) is 0.850. The molecule has 0 N–H and O–H groups in total. The maximum atomic E-state index is 13.0. The first-order valence-electron chi connectivity index (χ1n) is 8.78. The fourth-order valence-corrected chi connectivity index (χ4v) is 4.14. The Labute approximate surface area is 142 Å². The van der Waals surface area contributed by atoms with E-state index in [1.165, 1.54) is 18.4 Å². The summed E-state index contributed by atoms with van der Waals surface area (Å²) in [4.78, 5) is 19.5. The molecule has 1 saturated heterocycles. The number of aromatic nitrogens is 4. The Bertz CT molecular complexity index is 749. The lowest BCUT2D eigenvalue weighted by Gasteiger charge is -2.24. The number of imidazole rings is 1. The van der Waals surface area contributed by atoms with Crippen molar-refractivity contribution in [2.24, 2.45) is 12.5 Å². The van der Waals surface area contributed by atoms with Gasteiger partial charge in [0.05, 0.1) is 6.20 Å². The second kappa shape index (κ2) is 5.46. The molecule has 1 unspecified atom stereocenters. The van der Waals surface area contributed by atoms with Gasteiger partial charge in [0.2, 0.25) is 0 Å². The summed E-state index contributed by atoms with van der Waals surface area (Å²) in [5.41, 5.74) is 1.86. The number of hydrogen-bond acceptors (Lipinski definition) is 3. The van der Waals surface area contributed by atoms with Gasteiger partial charge in [-0.05, 0) is 23.8 Å². The first kappa shape index (κ1) is 15.4. The van der Waals surface area contributed by atoms with Gasteiger partial charge in [-0.25, -0.2) is 4.98 Å². The summed E-state index contributed by atoms with van der Waals surface area (Å²) in [6, 6.07) is 0. The van der Waals surface area contributed by atoms with Crippen LogP contribution in [0.3, 0.4) is 0 Å². The molecule has 0 aliphatic carbocycles. The van der Waals surface area contributed by atoms with Crippen molar-refractivity contribution in [1.82, 2.24) is 24.2 Å². The molecule has 2 aliphatic heterocycles. The van der Waals surface area contributed by atoms with Crippen molar-refractivity contribution >= 4 is 5.91 Å². The third-order valence-electron chi connectivity index (χ3n) is 5.49. The summed E-state index contributed by atoms with van der Waals surface area (Å²) < 4.78 is 3.98. The molecular formula is C18H25N5O. The maximum Gasteiger partial charge on any atom is 0.274 e. The Balaban J connectivity index is 1.56. The maximum absolute atomic E-state index is 13.0. The third-order valence-corrected chi connectivity index (χ3v) is 5.49. The van der Waals surface area contributed by atoms with Crippen molar-refractivity contribution in [3.63, 3.8) is 0 Å². The van der Waals surface area contributed by atoms with Gasteiger partial charge >= 0.3 is 0 Å². The molecule has 2 aromatic rings. The lowest BCUT2D eigenvalue weighted by Crippen LogP contribution is -2.30. The van der Waals surface area contributed by atoms with E-state index in [0.717, 1.165) is 31.9 Å². The minimum absolute atomic E-state index is 0.0397. The summed E-state index contributed by atoms with van der Waals surface area (Å²) in [6.45, 7) is 6.94. The monoisotopic (exact) mass is 327 g/mol. The number of nitrogens with zero attached hydrogens (tertiary/aromatic N) is 5. The highest BCUT2D eigenvalue weighted by atomic mass is 16.2. The fourth-order valence-electron chi connectivity index (χ4n) is 4.14. The van der Waals surface area contributed by atoms with E-state index < -0.39 is 0 Å². The molecule has 6 nitrogen and oxygen atoms in total. The molecule has 24 heavy (non-hydrogen) atoms. The summed E-state index contributed by atoms with van der Waals surface area (Å²) >= 11 is 0. The number of likely N-dealkylation sites (tertiary alicyclic amines) is 1. The van der Waals surface area contributed by atoms with Crippen LogP contribution in [-0.4, -0.2) is 43.2 Å². The minimum atomic E-state index is 0.0397. The fraction of sp³-hybridized carbons (Fsp3) is 0.611. The minimum Gasteiger partial charge on any atom is -0.336 e. The van der Waals surface area contributed by atoms with Gasteiger partial charge < -0.3 is 9.47 Å². The van der Waals surface area contributed by atoms with Gasteiger partial charge in [0.1, 0.15) is 11.5 Å². The van der Waals surface area contributed by atoms with Gasteiger partial charge in [-0.15, -0.1) is 0 Å². The molecule has 0 radical (unpaired) electrons. The Morgan fingerprint density at radius 3 is 2.83 bits per heavy atom. The second-order valence-electron chi connectivity index (χ2n) is 7.87. The molecule has 1 atom stereocenters. The van der Waals surface area contributed by atoms with E-state index in [1.807, 2.05) is 29.0 Å². The average molecular weight is 327 g/mol. The Morgan fingerprint density at radius 1 is 1.29 bits per heavy atom. The summed E-state index contributed by atoms with van der Waals surface area (Å²) in [5, 5.41) is 4.30.